The van der Waals surface area contributed by atoms with Crippen LogP contribution in [0, 0.1) is 0 Å². The molecule has 0 saturated heterocycles. The fourth-order valence-electron chi connectivity index (χ4n) is 2.28. The first kappa shape index (κ1) is 15.9. The third-order valence-corrected chi connectivity index (χ3v) is 3.35. The molecule has 0 atom stereocenters. The van der Waals surface area contributed by atoms with Crippen LogP contribution in [0.2, 0.25) is 0 Å². The van der Waals surface area contributed by atoms with Crippen LogP contribution in [0.4, 0.5) is 11.4 Å². The number of pyridine rings is 1. The number of anilines is 2. The number of amides is 1. The van der Waals surface area contributed by atoms with Crippen molar-refractivity contribution in [1.82, 2.24) is 10.1 Å². The fraction of sp³-hybridized carbons (Fsp3) is 0.200. The van der Waals surface area contributed by atoms with Crippen molar-refractivity contribution in [3.8, 4) is 0 Å². The number of hydrogen-bond acceptors (Lipinski definition) is 6. The van der Waals surface area contributed by atoms with Gasteiger partial charge in [-0.3, -0.25) is 9.78 Å². The van der Waals surface area contributed by atoms with E-state index in [4.69, 9.17) is 11.7 Å². The summed E-state index contributed by atoms with van der Waals surface area (Å²) in [7, 11) is 0. The Morgan fingerprint density at radius 1 is 1.32 bits per heavy atom. The van der Waals surface area contributed by atoms with Crippen LogP contribution in [0.3, 0.4) is 0 Å². The molecule has 2 aromatic rings. The number of hydrazine groups is 2. The number of nitrogens with zero attached hydrogens (tertiary/aromatic N) is 2. The molecule has 0 bridgehead atoms. The van der Waals surface area contributed by atoms with E-state index < -0.39 is 5.91 Å². The molecule has 6 N–H and O–H groups in total. The van der Waals surface area contributed by atoms with Gasteiger partial charge in [-0.1, -0.05) is 19.1 Å². The molecular weight excluding hydrogens is 282 g/mol. The number of carbonyl (C=O) groups excluding carboxylic acids is 1. The molecule has 7 nitrogen and oxygen atoms in total. The lowest BCUT2D eigenvalue weighted by molar-refractivity contribution is 0.0756. The number of rotatable bonds is 5. The Morgan fingerprint density at radius 3 is 2.73 bits per heavy atom. The van der Waals surface area contributed by atoms with Gasteiger partial charge in [0.1, 0.15) is 0 Å². The Kier molecular flexibility index (Phi) is 5.05. The molecule has 0 fully saturated rings. The molecule has 0 spiro atoms. The van der Waals surface area contributed by atoms with E-state index in [1.165, 1.54) is 6.20 Å². The summed E-state index contributed by atoms with van der Waals surface area (Å²) in [5, 5.41) is 13.1. The first-order valence-corrected chi connectivity index (χ1v) is 6.85. The lowest BCUT2D eigenvalue weighted by Gasteiger charge is -2.17. The largest absolute Gasteiger partial charge is 0.392 e. The van der Waals surface area contributed by atoms with Crippen LogP contribution < -0.4 is 17.0 Å². The number of carbonyl (C=O) groups is 1. The van der Waals surface area contributed by atoms with Crippen LogP contribution in [0.5, 0.6) is 0 Å². The number of aromatic nitrogens is 1. The highest BCUT2D eigenvalue weighted by atomic mass is 16.3. The number of hydrogen-bond donors (Lipinski definition) is 4. The summed E-state index contributed by atoms with van der Waals surface area (Å²) < 4.78 is 0. The molecule has 0 saturated carbocycles. The summed E-state index contributed by atoms with van der Waals surface area (Å²) in [6.45, 7) is 1.96. The lowest BCUT2D eigenvalue weighted by atomic mass is 10.0. The zero-order chi connectivity index (χ0) is 16.1. The van der Waals surface area contributed by atoms with E-state index in [0.29, 0.717) is 10.8 Å². The minimum absolute atomic E-state index is 0.0415. The van der Waals surface area contributed by atoms with Crippen LogP contribution in [-0.2, 0) is 13.0 Å². The smallest absolute Gasteiger partial charge is 0.286 e. The van der Waals surface area contributed by atoms with Crippen LogP contribution in [0.15, 0.2) is 36.7 Å². The number of nitrogens with one attached hydrogen (secondary N) is 1. The monoisotopic (exact) mass is 301 g/mol. The van der Waals surface area contributed by atoms with Crippen molar-refractivity contribution in [2.75, 3.05) is 5.32 Å². The van der Waals surface area contributed by atoms with Crippen LogP contribution >= 0.6 is 0 Å². The molecular formula is C15H19N5O2. The molecule has 2 rings (SSSR count). The highest BCUT2D eigenvalue weighted by molar-refractivity contribution is 5.99. The van der Waals surface area contributed by atoms with Crippen LogP contribution in [0.1, 0.15) is 28.4 Å². The number of aliphatic hydroxyl groups is 1. The SMILES string of the molecule is CCc1c(CO)cccc1Nc1ccncc1C(=O)N(N)N. The van der Waals surface area contributed by atoms with E-state index in [2.05, 4.69) is 10.3 Å². The van der Waals surface area contributed by atoms with Gasteiger partial charge in [-0.05, 0) is 29.7 Å². The first-order chi connectivity index (χ1) is 10.6. The highest BCUT2D eigenvalue weighted by Crippen LogP contribution is 2.26. The van der Waals surface area contributed by atoms with Crippen LogP contribution in [0.25, 0.3) is 0 Å². The Labute approximate surface area is 128 Å². The van der Waals surface area contributed by atoms with Gasteiger partial charge in [0.25, 0.3) is 5.91 Å². The van der Waals surface area contributed by atoms with Crippen molar-refractivity contribution in [2.45, 2.75) is 20.0 Å². The summed E-state index contributed by atoms with van der Waals surface area (Å²) in [6, 6.07) is 7.26. The van der Waals surface area contributed by atoms with Gasteiger partial charge in [-0.2, -0.15) is 0 Å². The van der Waals surface area contributed by atoms with Crippen molar-refractivity contribution < 1.29 is 9.90 Å². The Morgan fingerprint density at radius 2 is 2.09 bits per heavy atom. The first-order valence-electron chi connectivity index (χ1n) is 6.85. The molecule has 0 aliphatic carbocycles. The van der Waals surface area contributed by atoms with Gasteiger partial charge in [0.05, 0.1) is 17.9 Å². The van der Waals surface area contributed by atoms with Gasteiger partial charge in [-0.25, -0.2) is 16.8 Å². The summed E-state index contributed by atoms with van der Waals surface area (Å²) in [5.74, 6) is 10.1. The molecule has 1 heterocycles. The lowest BCUT2D eigenvalue weighted by Crippen LogP contribution is -2.43. The topological polar surface area (TPSA) is 117 Å². The quantitative estimate of drug-likeness (QED) is 0.373. The second-order valence-electron chi connectivity index (χ2n) is 4.71. The molecule has 0 radical (unpaired) electrons. The molecule has 116 valence electrons. The highest BCUT2D eigenvalue weighted by Gasteiger charge is 2.16. The van der Waals surface area contributed by atoms with E-state index in [9.17, 15) is 9.90 Å². The Hall–Kier alpha value is -2.48. The van der Waals surface area contributed by atoms with Gasteiger partial charge >= 0.3 is 0 Å². The van der Waals surface area contributed by atoms with Gasteiger partial charge in [0.2, 0.25) is 0 Å². The Bertz CT molecular complexity index is 673. The number of nitrogens with two attached hydrogens (primary N) is 2. The number of aliphatic hydroxyl groups excluding tert-OH is 1. The van der Waals surface area contributed by atoms with Crippen LogP contribution in [-0.4, -0.2) is 21.1 Å². The molecule has 0 aliphatic rings. The third kappa shape index (κ3) is 3.22. The van der Waals surface area contributed by atoms with E-state index in [0.717, 1.165) is 23.2 Å². The maximum Gasteiger partial charge on any atom is 0.286 e. The van der Waals surface area contributed by atoms with E-state index >= 15 is 0 Å². The van der Waals surface area contributed by atoms with E-state index in [1.807, 2.05) is 25.1 Å². The third-order valence-electron chi connectivity index (χ3n) is 3.35. The maximum absolute atomic E-state index is 12.0. The average molecular weight is 301 g/mol. The second kappa shape index (κ2) is 6.99. The summed E-state index contributed by atoms with van der Waals surface area (Å²) in [5.41, 5.74) is 3.45. The predicted octanol–water partition coefficient (Wildman–Crippen LogP) is 1.07. The standard InChI is InChI=1S/C15H19N5O2/c1-2-11-10(9-21)4-3-5-13(11)19-14-6-7-18-8-12(14)15(22)20(16)17/h3-8,21H,2,9,16-17H2,1H3,(H,18,19). The van der Waals surface area contributed by atoms with Crippen molar-refractivity contribution in [1.29, 1.82) is 0 Å². The summed E-state index contributed by atoms with van der Waals surface area (Å²) in [4.78, 5) is 15.9. The minimum atomic E-state index is -0.549. The van der Waals surface area contributed by atoms with Crippen molar-refractivity contribution >= 4 is 17.3 Å². The van der Waals surface area contributed by atoms with Crippen molar-refractivity contribution in [3.63, 3.8) is 0 Å². The average Bonchev–Trinajstić information content (AvgIpc) is 2.54. The van der Waals surface area contributed by atoms with Crippen molar-refractivity contribution in [3.05, 3.63) is 53.3 Å². The normalized spacial score (nSPS) is 10.4. The second-order valence-corrected chi connectivity index (χ2v) is 4.71. The molecule has 1 aromatic carbocycles. The maximum atomic E-state index is 12.0. The molecule has 0 aliphatic heterocycles. The minimum Gasteiger partial charge on any atom is -0.392 e. The van der Waals surface area contributed by atoms with Gasteiger partial charge < -0.3 is 10.4 Å². The van der Waals surface area contributed by atoms with E-state index in [1.54, 1.807) is 12.3 Å². The molecule has 0 unspecified atom stereocenters. The molecule has 1 aromatic heterocycles. The van der Waals surface area contributed by atoms with Gasteiger partial charge in [-0.15, -0.1) is 0 Å². The fourth-order valence-corrected chi connectivity index (χ4v) is 2.28. The Balaban J connectivity index is 2.42. The molecule has 1 amide bonds. The summed E-state index contributed by atoms with van der Waals surface area (Å²) >= 11 is 0. The van der Waals surface area contributed by atoms with Gasteiger partial charge in [0, 0.05) is 18.1 Å². The summed E-state index contributed by atoms with van der Waals surface area (Å²) in [6.07, 6.45) is 3.71. The van der Waals surface area contributed by atoms with Crippen molar-refractivity contribution in [2.24, 2.45) is 11.7 Å². The zero-order valence-electron chi connectivity index (χ0n) is 12.3. The number of benzene rings is 1. The zero-order valence-corrected chi connectivity index (χ0v) is 12.3. The van der Waals surface area contributed by atoms with Gasteiger partial charge in [0.15, 0.2) is 0 Å². The van der Waals surface area contributed by atoms with E-state index in [-0.39, 0.29) is 12.2 Å². The molecule has 7 heteroatoms. The molecule has 22 heavy (non-hydrogen) atoms. The predicted molar refractivity (Wildman–Crippen MR) is 83.8 cm³/mol.